The number of fused-ring (bicyclic) bond motifs is 2. The molecular formula is C24H23N5O3. The molecule has 2 aromatic carbocycles. The van der Waals surface area contributed by atoms with E-state index in [1.54, 1.807) is 10.9 Å². The number of amides is 2. The van der Waals surface area contributed by atoms with Crippen molar-refractivity contribution in [3.05, 3.63) is 66.0 Å². The Hall–Kier alpha value is -3.75. The second-order valence-electron chi connectivity index (χ2n) is 8.25. The Morgan fingerprint density at radius 3 is 2.47 bits per heavy atom. The number of likely N-dealkylation sites (N-methyl/N-ethyl adjacent to an activating group) is 1. The number of aliphatic hydroxyl groups excluding tert-OH is 1. The molecule has 3 N–H and O–H groups in total. The van der Waals surface area contributed by atoms with Gasteiger partial charge in [-0.2, -0.15) is 5.10 Å². The van der Waals surface area contributed by atoms with E-state index in [0.717, 1.165) is 21.8 Å². The Kier molecular flexibility index (Phi) is 4.88. The molecule has 0 spiro atoms. The molecule has 162 valence electrons. The van der Waals surface area contributed by atoms with Crippen molar-refractivity contribution in [2.45, 2.75) is 12.6 Å². The number of carbonyl (C=O) groups excluding carboxylic acids is 2. The van der Waals surface area contributed by atoms with Crippen LogP contribution in [-0.2, 0) is 16.1 Å². The van der Waals surface area contributed by atoms with E-state index in [-0.39, 0.29) is 12.1 Å². The number of carbonyl (C=O) groups is 2. The van der Waals surface area contributed by atoms with Crippen LogP contribution < -0.4 is 5.32 Å². The molecule has 1 atom stereocenters. The summed E-state index contributed by atoms with van der Waals surface area (Å²) in [5.74, 6) is -0.916. The fourth-order valence-electron chi connectivity index (χ4n) is 4.35. The SMILES string of the molecule is CN(C)CC(O)Cn1nc(C2=C(c3c[nH]c4ccccc34)C(=O)NC2=O)c2ccccc21. The molecule has 0 saturated carbocycles. The van der Waals surface area contributed by atoms with E-state index < -0.39 is 17.9 Å². The van der Waals surface area contributed by atoms with Crippen LogP contribution in [0.3, 0.4) is 0 Å². The highest BCUT2D eigenvalue weighted by molar-refractivity contribution is 6.50. The van der Waals surface area contributed by atoms with Crippen molar-refractivity contribution in [1.29, 1.82) is 0 Å². The summed E-state index contributed by atoms with van der Waals surface area (Å²) in [7, 11) is 3.78. The molecule has 2 amide bonds. The van der Waals surface area contributed by atoms with Crippen molar-refractivity contribution in [3.63, 3.8) is 0 Å². The first-order valence-corrected chi connectivity index (χ1v) is 10.4. The Morgan fingerprint density at radius 2 is 1.69 bits per heavy atom. The Bertz CT molecular complexity index is 1400. The monoisotopic (exact) mass is 429 g/mol. The molecule has 0 aliphatic carbocycles. The first-order valence-electron chi connectivity index (χ1n) is 10.4. The van der Waals surface area contributed by atoms with E-state index in [9.17, 15) is 14.7 Å². The van der Waals surface area contributed by atoms with Crippen LogP contribution in [0.25, 0.3) is 33.0 Å². The first-order chi connectivity index (χ1) is 15.4. The van der Waals surface area contributed by atoms with E-state index in [1.165, 1.54) is 0 Å². The van der Waals surface area contributed by atoms with Gasteiger partial charge in [0.25, 0.3) is 11.8 Å². The molecule has 0 fully saturated rings. The normalized spacial score (nSPS) is 15.4. The quantitative estimate of drug-likeness (QED) is 0.407. The fraction of sp³-hybridized carbons (Fsp3) is 0.208. The summed E-state index contributed by atoms with van der Waals surface area (Å²) < 4.78 is 1.70. The summed E-state index contributed by atoms with van der Waals surface area (Å²) in [4.78, 5) is 30.9. The third kappa shape index (κ3) is 3.30. The highest BCUT2D eigenvalue weighted by atomic mass is 16.3. The number of H-pyrrole nitrogens is 1. The molecule has 2 aromatic heterocycles. The van der Waals surface area contributed by atoms with E-state index in [1.807, 2.05) is 67.5 Å². The molecular weight excluding hydrogens is 406 g/mol. The second kappa shape index (κ2) is 7.74. The van der Waals surface area contributed by atoms with Crippen LogP contribution in [0.5, 0.6) is 0 Å². The van der Waals surface area contributed by atoms with E-state index in [0.29, 0.717) is 23.4 Å². The zero-order valence-electron chi connectivity index (χ0n) is 17.8. The first kappa shape index (κ1) is 20.2. The van der Waals surface area contributed by atoms with Crippen LogP contribution in [0.15, 0.2) is 54.7 Å². The zero-order valence-corrected chi connectivity index (χ0v) is 17.8. The Labute approximate surface area is 184 Å². The average Bonchev–Trinajstić information content (AvgIpc) is 3.41. The smallest absolute Gasteiger partial charge is 0.261 e. The molecule has 1 unspecified atom stereocenters. The molecule has 1 aliphatic heterocycles. The third-order valence-corrected chi connectivity index (χ3v) is 5.64. The number of aliphatic hydroxyl groups is 1. The molecule has 8 heteroatoms. The lowest BCUT2D eigenvalue weighted by Crippen LogP contribution is -2.29. The van der Waals surface area contributed by atoms with Gasteiger partial charge in [-0.25, -0.2) is 0 Å². The zero-order chi connectivity index (χ0) is 22.4. The molecule has 8 nitrogen and oxygen atoms in total. The van der Waals surface area contributed by atoms with Gasteiger partial charge in [0, 0.05) is 34.6 Å². The van der Waals surface area contributed by atoms with Crippen LogP contribution in [0.4, 0.5) is 0 Å². The maximum Gasteiger partial charge on any atom is 0.261 e. The van der Waals surface area contributed by atoms with Gasteiger partial charge in [0.2, 0.25) is 0 Å². The minimum atomic E-state index is -0.637. The minimum absolute atomic E-state index is 0.247. The van der Waals surface area contributed by atoms with Gasteiger partial charge in [-0.05, 0) is 26.2 Å². The maximum absolute atomic E-state index is 12.9. The number of hydrogen-bond acceptors (Lipinski definition) is 5. The van der Waals surface area contributed by atoms with Crippen molar-refractivity contribution in [3.8, 4) is 0 Å². The number of aromatic nitrogens is 3. The Morgan fingerprint density at radius 1 is 1.00 bits per heavy atom. The average molecular weight is 429 g/mol. The van der Waals surface area contributed by atoms with Gasteiger partial charge in [-0.1, -0.05) is 36.4 Å². The molecule has 0 bridgehead atoms. The predicted molar refractivity (Wildman–Crippen MR) is 123 cm³/mol. The molecule has 32 heavy (non-hydrogen) atoms. The van der Waals surface area contributed by atoms with Crippen LogP contribution in [-0.4, -0.2) is 63.3 Å². The standard InChI is InChI=1S/C24H23N5O3/c1-28(2)12-14(30)13-29-19-10-6-4-8-16(19)22(27-29)21-20(23(31)26-24(21)32)17-11-25-18-9-5-3-7-15(17)18/h3-11,14,25,30H,12-13H2,1-2H3,(H,26,31,32). The molecule has 1 aliphatic rings. The number of imide groups is 1. The largest absolute Gasteiger partial charge is 0.390 e. The van der Waals surface area contributed by atoms with Crippen molar-refractivity contribution in [2.24, 2.45) is 0 Å². The van der Waals surface area contributed by atoms with Crippen molar-refractivity contribution in [2.75, 3.05) is 20.6 Å². The van der Waals surface area contributed by atoms with E-state index in [2.05, 4.69) is 10.3 Å². The lowest BCUT2D eigenvalue weighted by atomic mass is 9.97. The summed E-state index contributed by atoms with van der Waals surface area (Å²) >= 11 is 0. The van der Waals surface area contributed by atoms with Crippen LogP contribution in [0.1, 0.15) is 11.3 Å². The summed E-state index contributed by atoms with van der Waals surface area (Å²) in [5, 5.41) is 19.2. The highest BCUT2D eigenvalue weighted by Gasteiger charge is 2.36. The molecule has 3 heterocycles. The highest BCUT2D eigenvalue weighted by Crippen LogP contribution is 2.37. The van der Waals surface area contributed by atoms with Crippen molar-refractivity contribution < 1.29 is 14.7 Å². The summed E-state index contributed by atoms with van der Waals surface area (Å²) in [5.41, 5.74) is 3.31. The third-order valence-electron chi connectivity index (χ3n) is 5.64. The summed E-state index contributed by atoms with van der Waals surface area (Å²) in [6, 6.07) is 15.2. The molecule has 0 radical (unpaired) electrons. The number of nitrogens with zero attached hydrogens (tertiary/aromatic N) is 3. The topological polar surface area (TPSA) is 103 Å². The van der Waals surface area contributed by atoms with Gasteiger partial charge in [-0.3, -0.25) is 19.6 Å². The van der Waals surface area contributed by atoms with Crippen molar-refractivity contribution >= 4 is 44.8 Å². The number of para-hydroxylation sites is 2. The Balaban J connectivity index is 1.71. The maximum atomic E-state index is 12.9. The van der Waals surface area contributed by atoms with Gasteiger partial charge >= 0.3 is 0 Å². The number of hydrogen-bond donors (Lipinski definition) is 3. The number of benzene rings is 2. The molecule has 0 saturated heterocycles. The number of rotatable bonds is 6. The van der Waals surface area contributed by atoms with Gasteiger partial charge in [0.05, 0.1) is 29.3 Å². The minimum Gasteiger partial charge on any atom is -0.390 e. The van der Waals surface area contributed by atoms with Crippen LogP contribution in [0.2, 0.25) is 0 Å². The predicted octanol–water partition coefficient (Wildman–Crippen LogP) is 2.01. The van der Waals surface area contributed by atoms with Crippen LogP contribution >= 0.6 is 0 Å². The lowest BCUT2D eigenvalue weighted by molar-refractivity contribution is -0.122. The van der Waals surface area contributed by atoms with Gasteiger partial charge in [0.1, 0.15) is 5.69 Å². The summed E-state index contributed by atoms with van der Waals surface area (Å²) in [6.45, 7) is 0.746. The lowest BCUT2D eigenvalue weighted by Gasteiger charge is -2.16. The molecule has 5 rings (SSSR count). The summed E-state index contributed by atoms with van der Waals surface area (Å²) in [6.07, 6.45) is 1.11. The van der Waals surface area contributed by atoms with E-state index in [4.69, 9.17) is 5.10 Å². The van der Waals surface area contributed by atoms with Gasteiger partial charge < -0.3 is 15.0 Å². The van der Waals surface area contributed by atoms with Crippen molar-refractivity contribution in [1.82, 2.24) is 25.0 Å². The van der Waals surface area contributed by atoms with E-state index >= 15 is 0 Å². The van der Waals surface area contributed by atoms with Crippen LogP contribution in [0, 0.1) is 0 Å². The van der Waals surface area contributed by atoms with Gasteiger partial charge in [-0.15, -0.1) is 0 Å². The number of aromatic amines is 1. The second-order valence-corrected chi connectivity index (χ2v) is 8.25. The fourth-order valence-corrected chi connectivity index (χ4v) is 4.35. The molecule has 4 aromatic rings. The van der Waals surface area contributed by atoms with Gasteiger partial charge in [0.15, 0.2) is 0 Å². The number of nitrogens with one attached hydrogen (secondary N) is 2.